The fraction of sp³-hybridized carbons (Fsp3) is 0.545. The Morgan fingerprint density at radius 1 is 1.44 bits per heavy atom. The molecule has 1 unspecified atom stereocenters. The van der Waals surface area contributed by atoms with Crippen molar-refractivity contribution in [3.63, 3.8) is 0 Å². The molecular formula is C11H13BrClN3. The van der Waals surface area contributed by atoms with Crippen LogP contribution in [-0.2, 0) is 0 Å². The summed E-state index contributed by atoms with van der Waals surface area (Å²) >= 11 is 9.35. The number of rotatable bonds is 1. The van der Waals surface area contributed by atoms with Gasteiger partial charge in [-0.05, 0) is 46.5 Å². The van der Waals surface area contributed by atoms with Gasteiger partial charge < -0.3 is 10.6 Å². The molecule has 0 radical (unpaired) electrons. The highest BCUT2D eigenvalue weighted by Gasteiger charge is 2.45. The van der Waals surface area contributed by atoms with Gasteiger partial charge in [-0.2, -0.15) is 0 Å². The topological polar surface area (TPSA) is 37.0 Å². The zero-order valence-electron chi connectivity index (χ0n) is 8.76. The monoisotopic (exact) mass is 301 g/mol. The van der Waals surface area contributed by atoms with Gasteiger partial charge in [0.15, 0.2) is 0 Å². The van der Waals surface area contributed by atoms with E-state index in [9.17, 15) is 0 Å². The van der Waals surface area contributed by atoms with Crippen LogP contribution in [0.25, 0.3) is 0 Å². The van der Waals surface area contributed by atoms with Gasteiger partial charge in [0.1, 0.15) is 9.76 Å². The maximum atomic E-state index is 5.97. The first kappa shape index (κ1) is 11.0. The average Bonchev–Trinajstić information content (AvgIpc) is 2.96. The number of nitrogens with one attached hydrogen (secondary N) is 2. The standard InChI is InChI=1S/C11H13BrClN3/c12-9-3-7(4-10(13)15-9)8-5-14-6-11(16-8)1-2-11/h3-4,8,14,16H,1-2,5-6H2. The van der Waals surface area contributed by atoms with Crippen LogP contribution in [0.2, 0.25) is 5.15 Å². The number of piperazine rings is 1. The van der Waals surface area contributed by atoms with Gasteiger partial charge in [0.05, 0.1) is 0 Å². The van der Waals surface area contributed by atoms with Crippen LogP contribution >= 0.6 is 27.5 Å². The number of hydrogen-bond donors (Lipinski definition) is 2. The minimum Gasteiger partial charge on any atom is -0.313 e. The number of hydrogen-bond acceptors (Lipinski definition) is 3. The summed E-state index contributed by atoms with van der Waals surface area (Å²) in [6.07, 6.45) is 2.55. The molecular weight excluding hydrogens is 289 g/mol. The molecule has 2 fully saturated rings. The van der Waals surface area contributed by atoms with Crippen molar-refractivity contribution in [1.82, 2.24) is 15.6 Å². The van der Waals surface area contributed by atoms with Crippen LogP contribution in [0.3, 0.4) is 0 Å². The van der Waals surface area contributed by atoms with Crippen molar-refractivity contribution in [2.45, 2.75) is 24.4 Å². The Hall–Kier alpha value is -0.160. The first-order chi connectivity index (χ1) is 7.67. The predicted octanol–water partition coefficient (Wildman–Crippen LogP) is 2.26. The molecule has 1 spiro atoms. The predicted molar refractivity (Wildman–Crippen MR) is 67.7 cm³/mol. The summed E-state index contributed by atoms with van der Waals surface area (Å²) < 4.78 is 0.798. The van der Waals surface area contributed by atoms with E-state index in [1.165, 1.54) is 18.4 Å². The van der Waals surface area contributed by atoms with Crippen LogP contribution in [0.5, 0.6) is 0 Å². The molecule has 2 heterocycles. The highest BCUT2D eigenvalue weighted by molar-refractivity contribution is 9.10. The largest absolute Gasteiger partial charge is 0.313 e. The van der Waals surface area contributed by atoms with E-state index in [4.69, 9.17) is 11.6 Å². The fourth-order valence-electron chi connectivity index (χ4n) is 2.29. The Kier molecular flexibility index (Phi) is 2.70. The second-order valence-corrected chi connectivity index (χ2v) is 5.85. The lowest BCUT2D eigenvalue weighted by molar-refractivity contribution is 0.328. The second kappa shape index (κ2) is 3.95. The molecule has 0 bridgehead atoms. The normalized spacial score (nSPS) is 27.0. The van der Waals surface area contributed by atoms with Crippen LogP contribution in [-0.4, -0.2) is 23.6 Å². The lowest BCUT2D eigenvalue weighted by atomic mass is 10.0. The molecule has 1 aliphatic heterocycles. The Labute approximate surface area is 108 Å². The van der Waals surface area contributed by atoms with Crippen LogP contribution in [0, 0.1) is 0 Å². The Morgan fingerprint density at radius 3 is 2.94 bits per heavy atom. The van der Waals surface area contributed by atoms with Crippen LogP contribution < -0.4 is 10.6 Å². The summed E-state index contributed by atoms with van der Waals surface area (Å²) in [4.78, 5) is 4.11. The summed E-state index contributed by atoms with van der Waals surface area (Å²) in [5.74, 6) is 0. The number of pyridine rings is 1. The van der Waals surface area contributed by atoms with Gasteiger partial charge in [0.2, 0.25) is 0 Å². The van der Waals surface area contributed by atoms with Gasteiger partial charge in [-0.25, -0.2) is 4.98 Å². The zero-order chi connectivity index (χ0) is 11.2. The smallest absolute Gasteiger partial charge is 0.130 e. The summed E-state index contributed by atoms with van der Waals surface area (Å²) in [6, 6.07) is 4.31. The van der Waals surface area contributed by atoms with Crippen LogP contribution in [0.15, 0.2) is 16.7 Å². The van der Waals surface area contributed by atoms with Crippen LogP contribution in [0.4, 0.5) is 0 Å². The quantitative estimate of drug-likeness (QED) is 0.782. The lowest BCUT2D eigenvalue weighted by Gasteiger charge is -2.32. The summed E-state index contributed by atoms with van der Waals surface area (Å²) in [5, 5.41) is 7.73. The zero-order valence-corrected chi connectivity index (χ0v) is 11.1. The van der Waals surface area contributed by atoms with Crippen molar-refractivity contribution in [2.24, 2.45) is 0 Å². The van der Waals surface area contributed by atoms with Gasteiger partial charge in [0.25, 0.3) is 0 Å². The molecule has 1 saturated carbocycles. The third kappa shape index (κ3) is 2.12. The molecule has 86 valence electrons. The van der Waals surface area contributed by atoms with Gasteiger partial charge in [-0.1, -0.05) is 11.6 Å². The maximum Gasteiger partial charge on any atom is 0.130 e. The molecule has 1 aromatic heterocycles. The summed E-state index contributed by atoms with van der Waals surface area (Å²) in [7, 11) is 0. The lowest BCUT2D eigenvalue weighted by Crippen LogP contribution is -2.52. The van der Waals surface area contributed by atoms with Crippen molar-refractivity contribution >= 4 is 27.5 Å². The molecule has 0 aromatic carbocycles. The first-order valence-electron chi connectivity index (χ1n) is 5.48. The van der Waals surface area contributed by atoms with Crippen molar-refractivity contribution in [2.75, 3.05) is 13.1 Å². The van der Waals surface area contributed by atoms with Crippen molar-refractivity contribution in [3.05, 3.63) is 27.5 Å². The van der Waals surface area contributed by atoms with E-state index in [0.29, 0.717) is 16.7 Å². The van der Waals surface area contributed by atoms with Gasteiger partial charge in [-0.3, -0.25) is 0 Å². The van der Waals surface area contributed by atoms with E-state index in [-0.39, 0.29) is 0 Å². The molecule has 2 N–H and O–H groups in total. The Morgan fingerprint density at radius 2 is 2.25 bits per heavy atom. The van der Waals surface area contributed by atoms with E-state index < -0.39 is 0 Å². The SMILES string of the molecule is Clc1cc(C2CNCC3(CC3)N2)cc(Br)n1. The average molecular weight is 303 g/mol. The first-order valence-corrected chi connectivity index (χ1v) is 6.65. The minimum atomic E-state index is 0.341. The number of nitrogens with zero attached hydrogens (tertiary/aromatic N) is 1. The fourth-order valence-corrected chi connectivity index (χ4v) is 3.06. The van der Waals surface area contributed by atoms with E-state index in [2.05, 4.69) is 31.5 Å². The number of aromatic nitrogens is 1. The minimum absolute atomic E-state index is 0.341. The third-order valence-electron chi connectivity index (χ3n) is 3.33. The van der Waals surface area contributed by atoms with Gasteiger partial charge in [-0.15, -0.1) is 0 Å². The Bertz CT molecular complexity index is 399. The summed E-state index contributed by atoms with van der Waals surface area (Å²) in [6.45, 7) is 2.04. The molecule has 3 rings (SSSR count). The highest BCUT2D eigenvalue weighted by atomic mass is 79.9. The molecule has 3 nitrogen and oxygen atoms in total. The van der Waals surface area contributed by atoms with E-state index in [1.807, 2.05) is 12.1 Å². The van der Waals surface area contributed by atoms with E-state index >= 15 is 0 Å². The van der Waals surface area contributed by atoms with E-state index in [1.54, 1.807) is 0 Å². The van der Waals surface area contributed by atoms with E-state index in [0.717, 1.165) is 17.7 Å². The number of halogens is 2. The van der Waals surface area contributed by atoms with Crippen molar-refractivity contribution in [3.8, 4) is 0 Å². The van der Waals surface area contributed by atoms with Crippen LogP contribution in [0.1, 0.15) is 24.4 Å². The summed E-state index contributed by atoms with van der Waals surface area (Å²) in [5.41, 5.74) is 1.55. The molecule has 1 saturated heterocycles. The molecule has 2 aliphatic rings. The Balaban J connectivity index is 1.85. The molecule has 1 aliphatic carbocycles. The molecule has 0 amide bonds. The molecule has 16 heavy (non-hydrogen) atoms. The van der Waals surface area contributed by atoms with Gasteiger partial charge in [0, 0.05) is 24.7 Å². The van der Waals surface area contributed by atoms with Crippen molar-refractivity contribution in [1.29, 1.82) is 0 Å². The maximum absolute atomic E-state index is 5.97. The molecule has 1 atom stereocenters. The van der Waals surface area contributed by atoms with Gasteiger partial charge >= 0.3 is 0 Å². The second-order valence-electron chi connectivity index (χ2n) is 4.65. The molecule has 5 heteroatoms. The van der Waals surface area contributed by atoms with Crippen molar-refractivity contribution < 1.29 is 0 Å². The molecule has 1 aromatic rings. The highest BCUT2D eigenvalue weighted by Crippen LogP contribution is 2.39. The third-order valence-corrected chi connectivity index (χ3v) is 3.93.